The minimum absolute atomic E-state index is 0.115. The molecule has 1 aliphatic carbocycles. The molecule has 130 valence electrons. The number of aromatic nitrogens is 1. The number of hydrogen-bond donors (Lipinski definition) is 2. The third-order valence-corrected chi connectivity index (χ3v) is 4.13. The van der Waals surface area contributed by atoms with E-state index < -0.39 is 17.5 Å². The molecule has 0 spiro atoms. The Balaban J connectivity index is 1.70. The van der Waals surface area contributed by atoms with Gasteiger partial charge >= 0.3 is 0 Å². The number of pyridine rings is 1. The van der Waals surface area contributed by atoms with Crippen LogP contribution in [-0.4, -0.2) is 22.8 Å². The third kappa shape index (κ3) is 4.17. The third-order valence-electron chi connectivity index (χ3n) is 4.13. The highest BCUT2D eigenvalue weighted by Crippen LogP contribution is 2.18. The van der Waals surface area contributed by atoms with Gasteiger partial charge in [0.05, 0.1) is 11.1 Å². The molecule has 7 heteroatoms. The molecule has 3 rings (SSSR count). The van der Waals surface area contributed by atoms with Gasteiger partial charge in [0.15, 0.2) is 11.6 Å². The van der Waals surface area contributed by atoms with Crippen molar-refractivity contribution < 1.29 is 18.4 Å². The summed E-state index contributed by atoms with van der Waals surface area (Å²) >= 11 is 0. The van der Waals surface area contributed by atoms with E-state index in [0.29, 0.717) is 0 Å². The quantitative estimate of drug-likeness (QED) is 0.893. The van der Waals surface area contributed by atoms with E-state index in [-0.39, 0.29) is 28.8 Å². The number of rotatable bonds is 4. The summed E-state index contributed by atoms with van der Waals surface area (Å²) in [5.41, 5.74) is 0.554. The second-order valence-electron chi connectivity index (χ2n) is 6.00. The number of anilines is 1. The van der Waals surface area contributed by atoms with Crippen LogP contribution in [0.2, 0.25) is 0 Å². The van der Waals surface area contributed by atoms with Crippen molar-refractivity contribution >= 4 is 17.5 Å². The predicted octanol–water partition coefficient (Wildman–Crippen LogP) is 3.28. The fourth-order valence-corrected chi connectivity index (χ4v) is 2.80. The van der Waals surface area contributed by atoms with Crippen LogP contribution >= 0.6 is 0 Å². The van der Waals surface area contributed by atoms with Crippen LogP contribution in [0.4, 0.5) is 14.5 Å². The van der Waals surface area contributed by atoms with Crippen LogP contribution in [0.25, 0.3) is 0 Å². The van der Waals surface area contributed by atoms with E-state index in [1.54, 1.807) is 0 Å². The highest BCUT2D eigenvalue weighted by Gasteiger charge is 2.19. The molecule has 1 aliphatic rings. The van der Waals surface area contributed by atoms with Gasteiger partial charge < -0.3 is 10.6 Å². The van der Waals surface area contributed by atoms with Crippen LogP contribution in [0.1, 0.15) is 46.4 Å². The molecule has 2 amide bonds. The zero-order valence-corrected chi connectivity index (χ0v) is 13.4. The van der Waals surface area contributed by atoms with Crippen molar-refractivity contribution in [2.75, 3.05) is 5.32 Å². The summed E-state index contributed by atoms with van der Waals surface area (Å²) in [6, 6.07) is 4.64. The molecule has 5 nitrogen and oxygen atoms in total. The molecular weight excluding hydrogens is 328 g/mol. The number of amides is 2. The van der Waals surface area contributed by atoms with E-state index in [2.05, 4.69) is 15.6 Å². The second-order valence-corrected chi connectivity index (χ2v) is 6.00. The van der Waals surface area contributed by atoms with Gasteiger partial charge in [-0.05, 0) is 31.0 Å². The first-order valence-corrected chi connectivity index (χ1v) is 8.05. The Kier molecular flexibility index (Phi) is 5.02. The molecule has 0 bridgehead atoms. The van der Waals surface area contributed by atoms with Gasteiger partial charge in [-0.2, -0.15) is 0 Å². The molecule has 0 aliphatic heterocycles. The Morgan fingerprint density at radius 1 is 0.960 bits per heavy atom. The van der Waals surface area contributed by atoms with Crippen molar-refractivity contribution in [1.82, 2.24) is 10.3 Å². The van der Waals surface area contributed by atoms with Crippen LogP contribution in [0.3, 0.4) is 0 Å². The number of nitrogens with one attached hydrogen (secondary N) is 2. The Hall–Kier alpha value is -2.83. The fourth-order valence-electron chi connectivity index (χ4n) is 2.80. The smallest absolute Gasteiger partial charge is 0.257 e. The van der Waals surface area contributed by atoms with Crippen LogP contribution in [0.15, 0.2) is 36.7 Å². The first-order chi connectivity index (χ1) is 12.0. The van der Waals surface area contributed by atoms with Gasteiger partial charge in [-0.3, -0.25) is 14.6 Å². The largest absolute Gasteiger partial charge is 0.349 e. The van der Waals surface area contributed by atoms with Gasteiger partial charge in [0.25, 0.3) is 11.8 Å². The number of carbonyl (C=O) groups is 2. The monoisotopic (exact) mass is 345 g/mol. The molecule has 0 saturated heterocycles. The summed E-state index contributed by atoms with van der Waals surface area (Å²) in [6.07, 6.45) is 6.80. The Labute approximate surface area is 143 Å². The molecule has 0 unspecified atom stereocenters. The Bertz CT molecular complexity index is 805. The molecule has 1 aromatic heterocycles. The highest BCUT2D eigenvalue weighted by molar-refractivity contribution is 6.05. The van der Waals surface area contributed by atoms with Gasteiger partial charge in [0, 0.05) is 30.2 Å². The molecule has 1 saturated carbocycles. The van der Waals surface area contributed by atoms with Crippen molar-refractivity contribution in [1.29, 1.82) is 0 Å². The van der Waals surface area contributed by atoms with Crippen LogP contribution in [-0.2, 0) is 0 Å². The normalized spacial score (nSPS) is 14.3. The molecule has 2 N–H and O–H groups in total. The SMILES string of the molecule is O=C(Nc1ccc(F)c(F)c1)c1cncc(C(=O)NC2CCCC2)c1. The summed E-state index contributed by atoms with van der Waals surface area (Å²) < 4.78 is 26.1. The number of benzene rings is 1. The summed E-state index contributed by atoms with van der Waals surface area (Å²) in [7, 11) is 0. The molecule has 1 heterocycles. The Morgan fingerprint density at radius 3 is 2.32 bits per heavy atom. The van der Waals surface area contributed by atoms with E-state index in [0.717, 1.165) is 37.8 Å². The van der Waals surface area contributed by atoms with E-state index in [9.17, 15) is 18.4 Å². The van der Waals surface area contributed by atoms with Crippen LogP contribution in [0.5, 0.6) is 0 Å². The zero-order chi connectivity index (χ0) is 17.8. The maximum absolute atomic E-state index is 13.2. The summed E-state index contributed by atoms with van der Waals surface area (Å²) in [5, 5.41) is 5.37. The predicted molar refractivity (Wildman–Crippen MR) is 88.3 cm³/mol. The zero-order valence-electron chi connectivity index (χ0n) is 13.4. The first kappa shape index (κ1) is 17.0. The maximum atomic E-state index is 13.2. The minimum Gasteiger partial charge on any atom is -0.349 e. The maximum Gasteiger partial charge on any atom is 0.257 e. The lowest BCUT2D eigenvalue weighted by atomic mass is 10.1. The number of carbonyl (C=O) groups excluding carboxylic acids is 2. The van der Waals surface area contributed by atoms with Crippen molar-refractivity contribution in [3.63, 3.8) is 0 Å². The van der Waals surface area contributed by atoms with E-state index >= 15 is 0 Å². The summed E-state index contributed by atoms with van der Waals surface area (Å²) in [6.45, 7) is 0. The van der Waals surface area contributed by atoms with Gasteiger partial charge in [0.1, 0.15) is 0 Å². The van der Waals surface area contributed by atoms with E-state index in [4.69, 9.17) is 0 Å². The van der Waals surface area contributed by atoms with Gasteiger partial charge in [0.2, 0.25) is 0 Å². The number of nitrogens with zero attached hydrogens (tertiary/aromatic N) is 1. The Morgan fingerprint density at radius 2 is 1.64 bits per heavy atom. The molecule has 1 aromatic carbocycles. The van der Waals surface area contributed by atoms with Gasteiger partial charge in [-0.15, -0.1) is 0 Å². The van der Waals surface area contributed by atoms with Crippen molar-refractivity contribution in [2.45, 2.75) is 31.7 Å². The fraction of sp³-hybridized carbons (Fsp3) is 0.278. The van der Waals surface area contributed by atoms with Crippen LogP contribution in [0, 0.1) is 11.6 Å². The van der Waals surface area contributed by atoms with E-state index in [1.165, 1.54) is 24.5 Å². The highest BCUT2D eigenvalue weighted by atomic mass is 19.2. The second kappa shape index (κ2) is 7.38. The van der Waals surface area contributed by atoms with E-state index in [1.807, 2.05) is 0 Å². The van der Waals surface area contributed by atoms with Crippen LogP contribution < -0.4 is 10.6 Å². The number of hydrogen-bond acceptors (Lipinski definition) is 3. The molecule has 1 fully saturated rings. The van der Waals surface area contributed by atoms with Gasteiger partial charge in [-0.25, -0.2) is 8.78 Å². The lowest BCUT2D eigenvalue weighted by molar-refractivity contribution is 0.0937. The van der Waals surface area contributed by atoms with Crippen molar-refractivity contribution in [3.8, 4) is 0 Å². The summed E-state index contributed by atoms with van der Waals surface area (Å²) in [5.74, 6) is -2.89. The standard InChI is InChI=1S/C18H17F2N3O2/c19-15-6-5-14(8-16(15)20)23-18(25)12-7-11(9-21-10-12)17(24)22-13-3-1-2-4-13/h5-10,13H,1-4H2,(H,22,24)(H,23,25). The number of halogens is 2. The topological polar surface area (TPSA) is 71.1 Å². The lowest BCUT2D eigenvalue weighted by Crippen LogP contribution is -2.32. The molecular formula is C18H17F2N3O2. The van der Waals surface area contributed by atoms with Crippen molar-refractivity contribution in [2.24, 2.45) is 0 Å². The molecule has 0 radical (unpaired) electrons. The molecule has 25 heavy (non-hydrogen) atoms. The average Bonchev–Trinajstić information content (AvgIpc) is 3.11. The first-order valence-electron chi connectivity index (χ1n) is 8.05. The van der Waals surface area contributed by atoms with Crippen molar-refractivity contribution in [3.05, 3.63) is 59.4 Å². The average molecular weight is 345 g/mol. The van der Waals surface area contributed by atoms with Gasteiger partial charge in [-0.1, -0.05) is 12.8 Å². The minimum atomic E-state index is -1.05. The molecule has 0 atom stereocenters. The lowest BCUT2D eigenvalue weighted by Gasteiger charge is -2.12. The summed E-state index contributed by atoms with van der Waals surface area (Å²) in [4.78, 5) is 28.4. The molecule has 2 aromatic rings.